The summed E-state index contributed by atoms with van der Waals surface area (Å²) >= 11 is 0. The second-order valence-corrected chi connectivity index (χ2v) is 9.33. The summed E-state index contributed by atoms with van der Waals surface area (Å²) in [5.41, 5.74) is 0. The molecule has 0 radical (unpaired) electrons. The van der Waals surface area contributed by atoms with Crippen LogP contribution in [0, 0.1) is 0 Å². The van der Waals surface area contributed by atoms with E-state index in [1.54, 1.807) is 0 Å². The van der Waals surface area contributed by atoms with Gasteiger partial charge in [0.05, 0.1) is 24.6 Å². The minimum absolute atomic E-state index is 0.00532. The number of rotatable bonds is 13. The zero-order valence-corrected chi connectivity index (χ0v) is 18.5. The van der Waals surface area contributed by atoms with E-state index in [1.807, 2.05) is 6.92 Å². The summed E-state index contributed by atoms with van der Waals surface area (Å²) in [4.78, 5) is 4.47. The van der Waals surface area contributed by atoms with Crippen molar-refractivity contribution in [3.05, 3.63) is 0 Å². The van der Waals surface area contributed by atoms with E-state index in [-0.39, 0.29) is 18.0 Å². The van der Waals surface area contributed by atoms with Crippen LogP contribution < -0.4 is 15.4 Å². The SMILES string of the molecule is CCNC(=NCCCOCC1CCCO1)NCCS(=O)(=O)NCC1CCCCO1. The Bertz CT molecular complexity index is 561. The number of sulfonamides is 1. The first-order valence-corrected chi connectivity index (χ1v) is 12.5. The van der Waals surface area contributed by atoms with E-state index >= 15 is 0 Å². The lowest BCUT2D eigenvalue weighted by Gasteiger charge is -2.22. The van der Waals surface area contributed by atoms with Gasteiger partial charge in [0.25, 0.3) is 0 Å². The monoisotopic (exact) mass is 434 g/mol. The number of hydrogen-bond acceptors (Lipinski definition) is 6. The zero-order valence-electron chi connectivity index (χ0n) is 17.7. The number of aliphatic imine (C=N–C) groups is 1. The van der Waals surface area contributed by atoms with Crippen LogP contribution in [0.4, 0.5) is 0 Å². The number of ether oxygens (including phenoxy) is 3. The molecule has 2 fully saturated rings. The van der Waals surface area contributed by atoms with Gasteiger partial charge in [0.1, 0.15) is 0 Å². The van der Waals surface area contributed by atoms with E-state index < -0.39 is 10.0 Å². The van der Waals surface area contributed by atoms with Gasteiger partial charge >= 0.3 is 0 Å². The Kier molecular flexibility index (Phi) is 11.9. The van der Waals surface area contributed by atoms with Crippen LogP contribution in [0.25, 0.3) is 0 Å². The molecule has 0 bridgehead atoms. The molecule has 2 heterocycles. The van der Waals surface area contributed by atoms with Gasteiger partial charge in [0.15, 0.2) is 5.96 Å². The van der Waals surface area contributed by atoms with Crippen LogP contribution in [0.1, 0.15) is 45.4 Å². The highest BCUT2D eigenvalue weighted by Gasteiger charge is 2.18. The van der Waals surface area contributed by atoms with Gasteiger partial charge in [-0.15, -0.1) is 0 Å². The molecule has 2 rings (SSSR count). The third kappa shape index (κ3) is 11.1. The third-order valence-electron chi connectivity index (χ3n) is 4.86. The zero-order chi connectivity index (χ0) is 20.8. The van der Waals surface area contributed by atoms with E-state index in [9.17, 15) is 8.42 Å². The first-order chi connectivity index (χ1) is 14.1. The molecule has 2 saturated heterocycles. The highest BCUT2D eigenvalue weighted by Crippen LogP contribution is 2.12. The highest BCUT2D eigenvalue weighted by molar-refractivity contribution is 7.89. The predicted molar refractivity (Wildman–Crippen MR) is 114 cm³/mol. The summed E-state index contributed by atoms with van der Waals surface area (Å²) in [5, 5.41) is 6.21. The van der Waals surface area contributed by atoms with E-state index in [0.717, 1.165) is 51.7 Å². The topological polar surface area (TPSA) is 110 Å². The molecule has 0 aromatic carbocycles. The molecule has 10 heteroatoms. The Labute approximate surface area is 175 Å². The van der Waals surface area contributed by atoms with Crippen LogP contribution in [-0.2, 0) is 24.2 Å². The summed E-state index contributed by atoms with van der Waals surface area (Å²) < 4.78 is 43.7. The molecule has 0 saturated carbocycles. The Hall–Kier alpha value is -0.940. The lowest BCUT2D eigenvalue weighted by molar-refractivity contribution is 0.0171. The van der Waals surface area contributed by atoms with Gasteiger partial charge in [0.2, 0.25) is 10.0 Å². The van der Waals surface area contributed by atoms with Crippen molar-refractivity contribution in [1.29, 1.82) is 0 Å². The molecule has 2 aliphatic heterocycles. The molecule has 2 unspecified atom stereocenters. The molecule has 9 nitrogen and oxygen atoms in total. The maximum atomic E-state index is 12.2. The Balaban J connectivity index is 1.57. The minimum atomic E-state index is -3.34. The summed E-state index contributed by atoms with van der Waals surface area (Å²) in [7, 11) is -3.34. The van der Waals surface area contributed by atoms with Crippen LogP contribution >= 0.6 is 0 Å². The van der Waals surface area contributed by atoms with Crippen molar-refractivity contribution in [3.8, 4) is 0 Å². The maximum absolute atomic E-state index is 12.2. The van der Waals surface area contributed by atoms with Crippen molar-refractivity contribution in [2.75, 3.05) is 58.4 Å². The van der Waals surface area contributed by atoms with Gasteiger partial charge in [-0.25, -0.2) is 13.1 Å². The summed E-state index contributed by atoms with van der Waals surface area (Å²) in [6, 6.07) is 0. The number of nitrogens with zero attached hydrogens (tertiary/aromatic N) is 1. The van der Waals surface area contributed by atoms with Crippen LogP contribution in [0.2, 0.25) is 0 Å². The third-order valence-corrected chi connectivity index (χ3v) is 6.20. The Morgan fingerprint density at radius 1 is 1.10 bits per heavy atom. The lowest BCUT2D eigenvalue weighted by Crippen LogP contribution is -2.42. The number of nitrogens with one attached hydrogen (secondary N) is 3. The summed E-state index contributed by atoms with van der Waals surface area (Å²) in [6.07, 6.45) is 6.31. The first-order valence-electron chi connectivity index (χ1n) is 10.9. The van der Waals surface area contributed by atoms with Crippen LogP contribution in [0.15, 0.2) is 4.99 Å². The van der Waals surface area contributed by atoms with Crippen LogP contribution in [-0.4, -0.2) is 84.9 Å². The van der Waals surface area contributed by atoms with Crippen molar-refractivity contribution < 1.29 is 22.6 Å². The molecule has 3 N–H and O–H groups in total. The predicted octanol–water partition coefficient (Wildman–Crippen LogP) is 0.616. The van der Waals surface area contributed by atoms with Gasteiger partial charge in [-0.05, 0) is 45.4 Å². The second-order valence-electron chi connectivity index (χ2n) is 7.41. The largest absolute Gasteiger partial charge is 0.379 e. The summed E-state index contributed by atoms with van der Waals surface area (Å²) in [5.74, 6) is 0.617. The normalized spacial score (nSPS) is 23.3. The van der Waals surface area contributed by atoms with Crippen LogP contribution in [0.5, 0.6) is 0 Å². The molecule has 0 spiro atoms. The van der Waals surface area contributed by atoms with Crippen molar-refractivity contribution in [1.82, 2.24) is 15.4 Å². The Morgan fingerprint density at radius 3 is 2.62 bits per heavy atom. The Morgan fingerprint density at radius 2 is 1.90 bits per heavy atom. The number of hydrogen-bond donors (Lipinski definition) is 3. The molecule has 0 aromatic rings. The fourth-order valence-electron chi connectivity index (χ4n) is 3.25. The van der Waals surface area contributed by atoms with Crippen molar-refractivity contribution in [2.24, 2.45) is 4.99 Å². The van der Waals surface area contributed by atoms with Crippen molar-refractivity contribution in [3.63, 3.8) is 0 Å². The van der Waals surface area contributed by atoms with E-state index in [1.165, 1.54) is 0 Å². The fraction of sp³-hybridized carbons (Fsp3) is 0.947. The van der Waals surface area contributed by atoms with E-state index in [4.69, 9.17) is 14.2 Å². The molecule has 0 aliphatic carbocycles. The standard InChI is InChI=1S/C19H38N4O5S/c1-2-20-19(21-9-6-11-26-16-18-8-5-13-28-18)22-10-14-29(24,25)23-15-17-7-3-4-12-27-17/h17-18,23H,2-16H2,1H3,(H2,20,21,22). The smallest absolute Gasteiger partial charge is 0.213 e. The lowest BCUT2D eigenvalue weighted by atomic mass is 10.1. The van der Waals surface area contributed by atoms with Crippen molar-refractivity contribution in [2.45, 2.75) is 57.7 Å². The molecule has 0 aromatic heterocycles. The van der Waals surface area contributed by atoms with Crippen LogP contribution in [0.3, 0.4) is 0 Å². The summed E-state index contributed by atoms with van der Waals surface area (Å²) in [6.45, 7) is 6.81. The molecule has 0 amide bonds. The van der Waals surface area contributed by atoms with Gasteiger partial charge < -0.3 is 24.8 Å². The fourth-order valence-corrected chi connectivity index (χ4v) is 4.21. The molecule has 170 valence electrons. The average molecular weight is 435 g/mol. The highest BCUT2D eigenvalue weighted by atomic mass is 32.2. The molecule has 2 aliphatic rings. The van der Waals surface area contributed by atoms with E-state index in [0.29, 0.717) is 45.4 Å². The van der Waals surface area contributed by atoms with Gasteiger partial charge in [-0.2, -0.15) is 0 Å². The van der Waals surface area contributed by atoms with Gasteiger partial charge in [-0.3, -0.25) is 4.99 Å². The van der Waals surface area contributed by atoms with Crippen molar-refractivity contribution >= 4 is 16.0 Å². The maximum Gasteiger partial charge on any atom is 0.213 e. The number of guanidine groups is 1. The minimum Gasteiger partial charge on any atom is -0.379 e. The molecular formula is C19H38N4O5S. The molecule has 29 heavy (non-hydrogen) atoms. The average Bonchev–Trinajstić information content (AvgIpc) is 3.23. The van der Waals surface area contributed by atoms with Gasteiger partial charge in [0, 0.05) is 46.0 Å². The molecule has 2 atom stereocenters. The quantitative estimate of drug-likeness (QED) is 0.221. The second kappa shape index (κ2) is 14.1. The first kappa shape index (κ1) is 24.3. The van der Waals surface area contributed by atoms with E-state index in [2.05, 4.69) is 20.3 Å². The molecular weight excluding hydrogens is 396 g/mol. The van der Waals surface area contributed by atoms with Gasteiger partial charge in [-0.1, -0.05) is 0 Å².